The van der Waals surface area contributed by atoms with E-state index in [4.69, 9.17) is 0 Å². The lowest BCUT2D eigenvalue weighted by Gasteiger charge is -2.07. The monoisotopic (exact) mass is 399 g/mol. The van der Waals surface area contributed by atoms with Crippen molar-refractivity contribution in [3.8, 4) is 0 Å². The third-order valence-corrected chi connectivity index (χ3v) is 2.55. The van der Waals surface area contributed by atoms with Crippen molar-refractivity contribution in [2.24, 2.45) is 0 Å². The summed E-state index contributed by atoms with van der Waals surface area (Å²) in [5.41, 5.74) is -0.810. The molecule has 0 radical (unpaired) electrons. The minimum absolute atomic E-state index is 0.125. The molecule has 1 aromatic heterocycles. The Morgan fingerprint density at radius 1 is 1.17 bits per heavy atom. The van der Waals surface area contributed by atoms with Gasteiger partial charge in [-0.1, -0.05) is 0 Å². The minimum Gasteiger partial charge on any atom is -0.236 e. The van der Waals surface area contributed by atoms with Crippen LogP contribution in [0.3, 0.4) is 0 Å². The van der Waals surface area contributed by atoms with E-state index in [1.807, 2.05) is 0 Å². The van der Waals surface area contributed by atoms with Gasteiger partial charge in [0.15, 0.2) is 5.69 Å². The van der Waals surface area contributed by atoms with Crippen LogP contribution in [0.15, 0.2) is 12.1 Å². The van der Waals surface area contributed by atoms with Crippen molar-refractivity contribution in [1.82, 2.24) is 4.98 Å². The van der Waals surface area contributed by atoms with Gasteiger partial charge in [-0.3, -0.25) is 0 Å². The van der Waals surface area contributed by atoms with Crippen LogP contribution in [0.5, 0.6) is 0 Å². The van der Waals surface area contributed by atoms with Crippen LogP contribution < -0.4 is 0 Å². The van der Waals surface area contributed by atoms with E-state index in [2.05, 4.69) is 4.98 Å². The lowest BCUT2D eigenvalue weighted by molar-refractivity contribution is -0.142. The fourth-order valence-electron chi connectivity index (χ4n) is 0.617. The van der Waals surface area contributed by atoms with Gasteiger partial charge in [-0.05, 0) is 57.3 Å². The van der Waals surface area contributed by atoms with Gasteiger partial charge < -0.3 is 0 Å². The zero-order valence-electron chi connectivity index (χ0n) is 5.49. The highest BCUT2D eigenvalue weighted by molar-refractivity contribution is 14.1. The van der Waals surface area contributed by atoms with Crippen molar-refractivity contribution >= 4 is 45.2 Å². The second kappa shape index (κ2) is 3.64. The highest BCUT2D eigenvalue weighted by Gasteiger charge is 2.34. The number of pyridine rings is 1. The molecule has 0 atom stereocenters. The zero-order chi connectivity index (χ0) is 9.35. The zero-order valence-corrected chi connectivity index (χ0v) is 9.81. The standard InChI is InChI=1S/C6H2F3I2N/c7-6(8,9)5-3(10)1-2-4(11)12-5/h1-2H. The fraction of sp³-hybridized carbons (Fsp3) is 0.167. The molecule has 0 aromatic carbocycles. The van der Waals surface area contributed by atoms with E-state index in [-0.39, 0.29) is 3.57 Å². The fourth-order valence-corrected chi connectivity index (χ4v) is 1.64. The summed E-state index contributed by atoms with van der Waals surface area (Å²) in [5, 5.41) is 0. The van der Waals surface area contributed by atoms with Gasteiger partial charge in [0.2, 0.25) is 0 Å². The van der Waals surface area contributed by atoms with Crippen LogP contribution in [0.25, 0.3) is 0 Å². The summed E-state index contributed by atoms with van der Waals surface area (Å²) in [6, 6.07) is 2.94. The van der Waals surface area contributed by atoms with Gasteiger partial charge in [-0.25, -0.2) is 4.98 Å². The molecule has 0 spiro atoms. The Morgan fingerprint density at radius 2 is 1.75 bits per heavy atom. The van der Waals surface area contributed by atoms with Crippen molar-refractivity contribution in [3.63, 3.8) is 0 Å². The van der Waals surface area contributed by atoms with Gasteiger partial charge in [0.1, 0.15) is 3.70 Å². The van der Waals surface area contributed by atoms with Crippen LogP contribution in [0.4, 0.5) is 13.2 Å². The molecular weight excluding hydrogens is 397 g/mol. The molecule has 0 aliphatic rings. The lowest BCUT2D eigenvalue weighted by Crippen LogP contribution is -2.11. The Labute approximate surface area is 94.0 Å². The van der Waals surface area contributed by atoms with Crippen LogP contribution >= 0.6 is 45.2 Å². The Bertz CT molecular complexity index is 297. The van der Waals surface area contributed by atoms with Gasteiger partial charge in [-0.15, -0.1) is 0 Å². The highest BCUT2D eigenvalue weighted by Crippen LogP contribution is 2.31. The van der Waals surface area contributed by atoms with Crippen LogP contribution in [-0.4, -0.2) is 4.98 Å². The largest absolute Gasteiger partial charge is 0.434 e. The molecule has 0 saturated heterocycles. The highest BCUT2D eigenvalue weighted by atomic mass is 127. The molecule has 0 amide bonds. The first-order valence-corrected chi connectivity index (χ1v) is 4.96. The molecule has 0 aliphatic carbocycles. The molecule has 12 heavy (non-hydrogen) atoms. The molecule has 1 rings (SSSR count). The van der Waals surface area contributed by atoms with E-state index in [0.29, 0.717) is 3.70 Å². The van der Waals surface area contributed by atoms with E-state index in [1.54, 1.807) is 45.2 Å². The predicted molar refractivity (Wildman–Crippen MR) is 54.7 cm³/mol. The predicted octanol–water partition coefficient (Wildman–Crippen LogP) is 3.31. The van der Waals surface area contributed by atoms with E-state index in [0.717, 1.165) is 0 Å². The van der Waals surface area contributed by atoms with E-state index >= 15 is 0 Å². The number of alkyl halides is 3. The first kappa shape index (κ1) is 10.5. The van der Waals surface area contributed by atoms with Crippen molar-refractivity contribution in [1.29, 1.82) is 0 Å². The summed E-state index contributed by atoms with van der Waals surface area (Å²) < 4.78 is 36.9. The number of nitrogens with zero attached hydrogens (tertiary/aromatic N) is 1. The molecule has 1 heterocycles. The maximum atomic E-state index is 12.2. The third kappa shape index (κ3) is 2.44. The van der Waals surface area contributed by atoms with E-state index < -0.39 is 11.9 Å². The molecule has 0 fully saturated rings. The minimum atomic E-state index is -4.35. The van der Waals surface area contributed by atoms with Crippen LogP contribution in [0.1, 0.15) is 5.69 Å². The number of hydrogen-bond donors (Lipinski definition) is 0. The molecule has 66 valence electrons. The number of halogens is 5. The van der Waals surface area contributed by atoms with Gasteiger partial charge in [0.05, 0.1) is 0 Å². The quantitative estimate of drug-likeness (QED) is 0.482. The molecule has 0 unspecified atom stereocenters. The Hall–Kier alpha value is 0.400. The van der Waals surface area contributed by atoms with Gasteiger partial charge in [0.25, 0.3) is 0 Å². The van der Waals surface area contributed by atoms with Crippen LogP contribution in [0.2, 0.25) is 0 Å². The summed E-state index contributed by atoms with van der Waals surface area (Å²) in [7, 11) is 0. The molecule has 1 nitrogen and oxygen atoms in total. The summed E-state index contributed by atoms with van der Waals surface area (Å²) in [6.45, 7) is 0. The maximum Gasteiger partial charge on any atom is 0.434 e. The molecule has 0 saturated carbocycles. The maximum absolute atomic E-state index is 12.2. The van der Waals surface area contributed by atoms with Gasteiger partial charge in [-0.2, -0.15) is 13.2 Å². The molecule has 6 heteroatoms. The van der Waals surface area contributed by atoms with E-state index in [1.165, 1.54) is 12.1 Å². The van der Waals surface area contributed by atoms with Crippen molar-refractivity contribution in [2.75, 3.05) is 0 Å². The number of aromatic nitrogens is 1. The smallest absolute Gasteiger partial charge is 0.236 e. The Morgan fingerprint density at radius 3 is 2.17 bits per heavy atom. The molecule has 0 N–H and O–H groups in total. The van der Waals surface area contributed by atoms with Crippen molar-refractivity contribution in [2.45, 2.75) is 6.18 Å². The van der Waals surface area contributed by atoms with E-state index in [9.17, 15) is 13.2 Å². The second-order valence-corrected chi connectivity index (χ2v) is 4.23. The van der Waals surface area contributed by atoms with Gasteiger partial charge in [0, 0.05) is 3.57 Å². The average molecular weight is 399 g/mol. The normalized spacial score (nSPS) is 11.8. The average Bonchev–Trinajstić information content (AvgIpc) is 1.92. The van der Waals surface area contributed by atoms with Crippen LogP contribution in [-0.2, 0) is 6.18 Å². The summed E-state index contributed by atoms with van der Waals surface area (Å²) >= 11 is 3.36. The number of hydrogen-bond acceptors (Lipinski definition) is 1. The lowest BCUT2D eigenvalue weighted by atomic mass is 10.3. The molecule has 0 bridgehead atoms. The third-order valence-electron chi connectivity index (χ3n) is 1.08. The second-order valence-electron chi connectivity index (χ2n) is 1.96. The van der Waals surface area contributed by atoms with Crippen molar-refractivity contribution < 1.29 is 13.2 Å². The first-order valence-electron chi connectivity index (χ1n) is 2.80. The summed E-state index contributed by atoms with van der Waals surface area (Å²) in [4.78, 5) is 3.40. The Balaban J connectivity index is 3.23. The molecular formula is C6H2F3I2N. The van der Waals surface area contributed by atoms with Gasteiger partial charge >= 0.3 is 6.18 Å². The molecule has 0 aliphatic heterocycles. The SMILES string of the molecule is FC(F)(F)c1nc(I)ccc1I. The topological polar surface area (TPSA) is 12.9 Å². The summed E-state index contributed by atoms with van der Waals surface area (Å²) in [5.74, 6) is 0. The first-order chi connectivity index (χ1) is 5.41. The van der Waals surface area contributed by atoms with Crippen molar-refractivity contribution in [3.05, 3.63) is 25.1 Å². The van der Waals surface area contributed by atoms with Crippen LogP contribution in [0, 0.1) is 7.27 Å². The summed E-state index contributed by atoms with van der Waals surface area (Å²) in [6.07, 6.45) is -4.35. The molecule has 1 aromatic rings. The number of rotatable bonds is 0. The Kier molecular flexibility index (Phi) is 3.18.